The van der Waals surface area contributed by atoms with Crippen molar-refractivity contribution >= 4 is 11.9 Å². The highest BCUT2D eigenvalue weighted by Gasteiger charge is 2.12. The maximum Gasteiger partial charge on any atom is 0.305 e. The minimum absolute atomic E-state index is 0.108. The average Bonchev–Trinajstić information content (AvgIpc) is 3.02. The van der Waals surface area contributed by atoms with Crippen LogP contribution in [0.1, 0.15) is 220 Å². The fraction of sp³-hybridized carbons (Fsp3) is 0.950. The highest BCUT2D eigenvalue weighted by atomic mass is 16.6. The Balaban J connectivity index is 3.37. The van der Waals surface area contributed by atoms with E-state index in [0.717, 1.165) is 31.6 Å². The van der Waals surface area contributed by atoms with Gasteiger partial charge in [0.15, 0.2) is 0 Å². The molecule has 0 spiro atoms. The standard InChI is InChI=1S/C40H78O5/c1-4-5-6-7-8-9-10-14-18-21-24-27-30-33-39(42)44-35-38(41)36-45-40(43)34-31-28-25-22-19-16-13-11-12-15-17-20-23-26-29-32-37(2)3/h37-38,41H,4-36H2,1-3H3/t38-/m1/s1. The Kier molecular flexibility index (Phi) is 34.9. The Morgan fingerprint density at radius 1 is 0.444 bits per heavy atom. The van der Waals surface area contributed by atoms with Gasteiger partial charge in [0.2, 0.25) is 0 Å². The molecule has 5 nitrogen and oxygen atoms in total. The van der Waals surface area contributed by atoms with Crippen LogP contribution in [0.15, 0.2) is 0 Å². The Bertz CT molecular complexity index is 620. The lowest BCUT2D eigenvalue weighted by Gasteiger charge is -2.12. The van der Waals surface area contributed by atoms with Gasteiger partial charge in [-0.05, 0) is 18.8 Å². The molecule has 0 rings (SSSR count). The van der Waals surface area contributed by atoms with Gasteiger partial charge in [0, 0.05) is 12.8 Å². The van der Waals surface area contributed by atoms with Gasteiger partial charge in [0.05, 0.1) is 0 Å². The SMILES string of the molecule is CCCCCCCCCCCCCCCC(=O)OC[C@@H](O)COC(=O)CCCCCCCCCCCCCCCCCC(C)C. The second-order valence-electron chi connectivity index (χ2n) is 14.2. The zero-order chi connectivity index (χ0) is 33.1. The third-order valence-corrected chi connectivity index (χ3v) is 9.02. The molecule has 0 fully saturated rings. The van der Waals surface area contributed by atoms with E-state index < -0.39 is 6.10 Å². The smallest absolute Gasteiger partial charge is 0.305 e. The van der Waals surface area contributed by atoms with Gasteiger partial charge in [-0.2, -0.15) is 0 Å². The van der Waals surface area contributed by atoms with Gasteiger partial charge in [-0.1, -0.05) is 194 Å². The molecule has 0 aliphatic heterocycles. The van der Waals surface area contributed by atoms with E-state index in [1.165, 1.54) is 161 Å². The van der Waals surface area contributed by atoms with Gasteiger partial charge in [0.25, 0.3) is 0 Å². The summed E-state index contributed by atoms with van der Waals surface area (Å²) in [5.41, 5.74) is 0. The normalized spacial score (nSPS) is 12.1. The molecule has 1 N–H and O–H groups in total. The molecule has 268 valence electrons. The predicted octanol–water partition coefficient (Wildman–Crippen LogP) is 12.2. The van der Waals surface area contributed by atoms with E-state index in [1.807, 2.05) is 0 Å². The van der Waals surface area contributed by atoms with Crippen LogP contribution >= 0.6 is 0 Å². The average molecular weight is 639 g/mol. The molecule has 0 aromatic heterocycles. The molecular formula is C40H78O5. The van der Waals surface area contributed by atoms with Gasteiger partial charge in [-0.15, -0.1) is 0 Å². The highest BCUT2D eigenvalue weighted by molar-refractivity contribution is 5.69. The first-order valence-electron chi connectivity index (χ1n) is 19.9. The summed E-state index contributed by atoms with van der Waals surface area (Å²) in [4.78, 5) is 23.9. The van der Waals surface area contributed by atoms with E-state index in [2.05, 4.69) is 20.8 Å². The number of hydrogen-bond acceptors (Lipinski definition) is 5. The molecule has 5 heteroatoms. The van der Waals surface area contributed by atoms with Crippen LogP contribution in [0.3, 0.4) is 0 Å². The second kappa shape index (κ2) is 35.7. The molecule has 0 aliphatic rings. The van der Waals surface area contributed by atoms with Crippen LogP contribution in [-0.4, -0.2) is 36.4 Å². The molecule has 45 heavy (non-hydrogen) atoms. The molecule has 1 atom stereocenters. The summed E-state index contributed by atoms with van der Waals surface area (Å²) >= 11 is 0. The molecule has 0 aromatic rings. The van der Waals surface area contributed by atoms with Crippen LogP contribution in [0.5, 0.6) is 0 Å². The topological polar surface area (TPSA) is 72.8 Å². The number of ether oxygens (including phenoxy) is 2. The molecule has 0 aromatic carbocycles. The molecule has 0 saturated heterocycles. The fourth-order valence-electron chi connectivity index (χ4n) is 5.98. The number of rotatable bonds is 36. The van der Waals surface area contributed by atoms with E-state index in [9.17, 15) is 14.7 Å². The summed E-state index contributed by atoms with van der Waals surface area (Å²) in [6, 6.07) is 0. The van der Waals surface area contributed by atoms with Crippen molar-refractivity contribution in [2.45, 2.75) is 226 Å². The Labute approximate surface area is 280 Å². The molecule has 0 bridgehead atoms. The van der Waals surface area contributed by atoms with Crippen molar-refractivity contribution in [3.8, 4) is 0 Å². The summed E-state index contributed by atoms with van der Waals surface area (Å²) in [5, 5.41) is 10.0. The van der Waals surface area contributed by atoms with Crippen LogP contribution in [0, 0.1) is 5.92 Å². The van der Waals surface area contributed by atoms with Crippen molar-refractivity contribution in [1.82, 2.24) is 0 Å². The summed E-state index contributed by atoms with van der Waals surface area (Å²) in [7, 11) is 0. The van der Waals surface area contributed by atoms with E-state index in [1.54, 1.807) is 0 Å². The minimum Gasteiger partial charge on any atom is -0.463 e. The van der Waals surface area contributed by atoms with Gasteiger partial charge in [-0.25, -0.2) is 0 Å². The van der Waals surface area contributed by atoms with Gasteiger partial charge in [-0.3, -0.25) is 9.59 Å². The number of aliphatic hydroxyl groups excluding tert-OH is 1. The van der Waals surface area contributed by atoms with Crippen LogP contribution < -0.4 is 0 Å². The largest absolute Gasteiger partial charge is 0.463 e. The summed E-state index contributed by atoms with van der Waals surface area (Å²) in [6.07, 6.45) is 37.3. The number of unbranched alkanes of at least 4 members (excludes halogenated alkanes) is 26. The van der Waals surface area contributed by atoms with E-state index in [-0.39, 0.29) is 25.2 Å². The van der Waals surface area contributed by atoms with Crippen LogP contribution in [0.4, 0.5) is 0 Å². The second-order valence-corrected chi connectivity index (χ2v) is 14.2. The first kappa shape index (κ1) is 43.9. The lowest BCUT2D eigenvalue weighted by molar-refractivity contribution is -0.152. The molecule has 0 radical (unpaired) electrons. The third kappa shape index (κ3) is 37.2. The quantitative estimate of drug-likeness (QED) is 0.0546. The Morgan fingerprint density at radius 3 is 1.00 bits per heavy atom. The summed E-state index contributed by atoms with van der Waals surface area (Å²) in [6.45, 7) is 6.68. The van der Waals surface area contributed by atoms with Crippen molar-refractivity contribution in [2.24, 2.45) is 5.92 Å². The molecule has 0 heterocycles. The van der Waals surface area contributed by atoms with E-state index in [4.69, 9.17) is 9.47 Å². The summed E-state index contributed by atoms with van der Waals surface area (Å²) in [5.74, 6) is 0.305. The Morgan fingerprint density at radius 2 is 0.711 bits per heavy atom. The number of aliphatic hydroxyl groups is 1. The Hall–Kier alpha value is -1.10. The molecule has 0 amide bonds. The van der Waals surface area contributed by atoms with Gasteiger partial charge in [0.1, 0.15) is 19.3 Å². The first-order chi connectivity index (χ1) is 22.0. The van der Waals surface area contributed by atoms with Crippen molar-refractivity contribution < 1.29 is 24.2 Å². The van der Waals surface area contributed by atoms with E-state index >= 15 is 0 Å². The van der Waals surface area contributed by atoms with Crippen LogP contribution in [-0.2, 0) is 19.1 Å². The molecule has 0 unspecified atom stereocenters. The maximum atomic E-state index is 12.0. The molecule has 0 saturated carbocycles. The van der Waals surface area contributed by atoms with E-state index in [0.29, 0.717) is 12.8 Å². The van der Waals surface area contributed by atoms with Gasteiger partial charge < -0.3 is 14.6 Å². The number of hydrogen-bond donors (Lipinski definition) is 1. The highest BCUT2D eigenvalue weighted by Crippen LogP contribution is 2.16. The van der Waals surface area contributed by atoms with Crippen molar-refractivity contribution in [3.63, 3.8) is 0 Å². The lowest BCUT2D eigenvalue weighted by atomic mass is 10.0. The zero-order valence-electron chi connectivity index (χ0n) is 30.6. The molecular weight excluding hydrogens is 560 g/mol. The zero-order valence-corrected chi connectivity index (χ0v) is 30.6. The first-order valence-corrected chi connectivity index (χ1v) is 19.9. The van der Waals surface area contributed by atoms with Gasteiger partial charge >= 0.3 is 11.9 Å². The van der Waals surface area contributed by atoms with Crippen LogP contribution in [0.2, 0.25) is 0 Å². The van der Waals surface area contributed by atoms with Crippen LogP contribution in [0.25, 0.3) is 0 Å². The number of carbonyl (C=O) groups is 2. The predicted molar refractivity (Wildman–Crippen MR) is 192 cm³/mol. The number of esters is 2. The third-order valence-electron chi connectivity index (χ3n) is 9.02. The molecule has 0 aliphatic carbocycles. The minimum atomic E-state index is -0.955. The fourth-order valence-corrected chi connectivity index (χ4v) is 5.98. The lowest BCUT2D eigenvalue weighted by Crippen LogP contribution is -2.25. The number of carbonyl (C=O) groups excluding carboxylic acids is 2. The maximum absolute atomic E-state index is 12.0. The van der Waals surface area contributed by atoms with Crippen molar-refractivity contribution in [3.05, 3.63) is 0 Å². The monoisotopic (exact) mass is 639 g/mol. The van der Waals surface area contributed by atoms with Crippen molar-refractivity contribution in [2.75, 3.05) is 13.2 Å². The summed E-state index contributed by atoms with van der Waals surface area (Å²) < 4.78 is 10.3. The van der Waals surface area contributed by atoms with Crippen molar-refractivity contribution in [1.29, 1.82) is 0 Å².